The standard InChI is InChI=1S/C8H15NO3/c10-4-5-7(12)3-9-2-1-6(11)8(5)9/h5-8,10-12H,1-4H2/t5-,6+,7+,8-/m0/s1. The van der Waals surface area contributed by atoms with E-state index in [4.69, 9.17) is 5.11 Å². The fraction of sp³-hybridized carbons (Fsp3) is 1.00. The van der Waals surface area contributed by atoms with Crippen LogP contribution in [0, 0.1) is 5.92 Å². The largest absolute Gasteiger partial charge is 0.396 e. The first-order valence-electron chi connectivity index (χ1n) is 4.45. The SMILES string of the molecule is OC[C@@H]1[C@H]2[C@H](O)CCN2C[C@H]1O. The molecule has 2 aliphatic rings. The molecular formula is C8H15NO3. The van der Waals surface area contributed by atoms with E-state index in [0.717, 1.165) is 13.0 Å². The van der Waals surface area contributed by atoms with E-state index in [1.54, 1.807) is 0 Å². The Bertz CT molecular complexity index is 176. The summed E-state index contributed by atoms with van der Waals surface area (Å²) in [5.41, 5.74) is 0. The zero-order valence-corrected chi connectivity index (χ0v) is 6.93. The summed E-state index contributed by atoms with van der Waals surface area (Å²) >= 11 is 0. The normalized spacial score (nSPS) is 48.2. The smallest absolute Gasteiger partial charge is 0.0733 e. The number of aliphatic hydroxyl groups is 3. The summed E-state index contributed by atoms with van der Waals surface area (Å²) in [6.07, 6.45) is -0.0531. The maximum atomic E-state index is 9.55. The second-order valence-corrected chi connectivity index (χ2v) is 3.76. The molecule has 70 valence electrons. The van der Waals surface area contributed by atoms with Gasteiger partial charge in [-0.1, -0.05) is 0 Å². The van der Waals surface area contributed by atoms with Crippen LogP contribution >= 0.6 is 0 Å². The Balaban J connectivity index is 2.12. The zero-order valence-electron chi connectivity index (χ0n) is 6.93. The van der Waals surface area contributed by atoms with Crippen molar-refractivity contribution >= 4 is 0 Å². The van der Waals surface area contributed by atoms with Crippen molar-refractivity contribution in [3.8, 4) is 0 Å². The summed E-state index contributed by atoms with van der Waals surface area (Å²) in [5, 5.41) is 28.1. The number of fused-ring (bicyclic) bond motifs is 1. The van der Waals surface area contributed by atoms with E-state index in [1.807, 2.05) is 0 Å². The van der Waals surface area contributed by atoms with Gasteiger partial charge in [0.2, 0.25) is 0 Å². The molecule has 0 amide bonds. The molecule has 4 nitrogen and oxygen atoms in total. The molecule has 2 rings (SSSR count). The topological polar surface area (TPSA) is 63.9 Å². The highest BCUT2D eigenvalue weighted by Crippen LogP contribution is 2.32. The molecule has 2 aliphatic heterocycles. The van der Waals surface area contributed by atoms with Crippen LogP contribution in [-0.4, -0.2) is 58.2 Å². The van der Waals surface area contributed by atoms with Gasteiger partial charge in [0.15, 0.2) is 0 Å². The van der Waals surface area contributed by atoms with Gasteiger partial charge in [0.05, 0.1) is 18.8 Å². The minimum absolute atomic E-state index is 0.00926. The maximum absolute atomic E-state index is 9.55. The van der Waals surface area contributed by atoms with Crippen LogP contribution in [0.2, 0.25) is 0 Å². The van der Waals surface area contributed by atoms with Crippen molar-refractivity contribution in [1.29, 1.82) is 0 Å². The van der Waals surface area contributed by atoms with Crippen LogP contribution in [-0.2, 0) is 0 Å². The number of aliphatic hydroxyl groups excluding tert-OH is 3. The van der Waals surface area contributed by atoms with Crippen molar-refractivity contribution in [2.45, 2.75) is 24.7 Å². The zero-order chi connectivity index (χ0) is 8.72. The van der Waals surface area contributed by atoms with Gasteiger partial charge < -0.3 is 15.3 Å². The lowest BCUT2D eigenvalue weighted by molar-refractivity contribution is 0.0518. The van der Waals surface area contributed by atoms with Crippen molar-refractivity contribution in [3.63, 3.8) is 0 Å². The van der Waals surface area contributed by atoms with E-state index in [9.17, 15) is 10.2 Å². The Morgan fingerprint density at radius 2 is 2.00 bits per heavy atom. The molecule has 0 aliphatic carbocycles. The van der Waals surface area contributed by atoms with Gasteiger partial charge in [0, 0.05) is 25.0 Å². The average Bonchev–Trinajstić information content (AvgIpc) is 2.52. The van der Waals surface area contributed by atoms with Gasteiger partial charge in [-0.2, -0.15) is 0 Å². The van der Waals surface area contributed by atoms with Crippen LogP contribution in [0.5, 0.6) is 0 Å². The number of hydrogen-bond acceptors (Lipinski definition) is 4. The summed E-state index contributed by atoms with van der Waals surface area (Å²) in [7, 11) is 0. The Kier molecular flexibility index (Phi) is 2.08. The molecule has 4 atom stereocenters. The Labute approximate surface area is 71.4 Å². The van der Waals surface area contributed by atoms with Gasteiger partial charge in [0.25, 0.3) is 0 Å². The Hall–Kier alpha value is -0.160. The van der Waals surface area contributed by atoms with E-state index < -0.39 is 6.10 Å². The molecule has 12 heavy (non-hydrogen) atoms. The van der Waals surface area contributed by atoms with Crippen LogP contribution in [0.1, 0.15) is 6.42 Å². The van der Waals surface area contributed by atoms with Crippen molar-refractivity contribution in [2.75, 3.05) is 19.7 Å². The van der Waals surface area contributed by atoms with Crippen molar-refractivity contribution in [2.24, 2.45) is 5.92 Å². The van der Waals surface area contributed by atoms with Crippen molar-refractivity contribution in [1.82, 2.24) is 4.90 Å². The first-order valence-corrected chi connectivity index (χ1v) is 4.45. The molecule has 0 aromatic heterocycles. The quantitative estimate of drug-likeness (QED) is 0.447. The highest BCUT2D eigenvalue weighted by molar-refractivity contribution is 5.00. The minimum atomic E-state index is -0.463. The number of rotatable bonds is 1. The van der Waals surface area contributed by atoms with Crippen LogP contribution in [0.4, 0.5) is 0 Å². The molecule has 4 heteroatoms. The predicted molar refractivity (Wildman–Crippen MR) is 42.6 cm³/mol. The lowest BCUT2D eigenvalue weighted by Gasteiger charge is -2.21. The summed E-state index contributed by atoms with van der Waals surface area (Å²) in [5.74, 6) is -0.150. The molecule has 0 saturated carbocycles. The highest BCUT2D eigenvalue weighted by Gasteiger charge is 2.47. The van der Waals surface area contributed by atoms with Gasteiger partial charge in [0.1, 0.15) is 0 Å². The fourth-order valence-electron chi connectivity index (χ4n) is 2.46. The van der Waals surface area contributed by atoms with Gasteiger partial charge >= 0.3 is 0 Å². The lowest BCUT2D eigenvalue weighted by atomic mass is 9.95. The van der Waals surface area contributed by atoms with Gasteiger partial charge in [-0.05, 0) is 6.42 Å². The Morgan fingerprint density at radius 1 is 1.25 bits per heavy atom. The molecule has 0 unspecified atom stereocenters. The van der Waals surface area contributed by atoms with Crippen molar-refractivity contribution in [3.05, 3.63) is 0 Å². The van der Waals surface area contributed by atoms with Gasteiger partial charge in [-0.15, -0.1) is 0 Å². The molecule has 0 bridgehead atoms. The number of hydrogen-bond donors (Lipinski definition) is 3. The van der Waals surface area contributed by atoms with E-state index in [-0.39, 0.29) is 24.7 Å². The molecule has 0 radical (unpaired) electrons. The second-order valence-electron chi connectivity index (χ2n) is 3.76. The second kappa shape index (κ2) is 2.96. The highest BCUT2D eigenvalue weighted by atomic mass is 16.3. The maximum Gasteiger partial charge on any atom is 0.0733 e. The first kappa shape index (κ1) is 8.44. The van der Waals surface area contributed by atoms with E-state index in [2.05, 4.69) is 4.90 Å². The molecule has 0 aromatic rings. The molecule has 2 fully saturated rings. The fourth-order valence-corrected chi connectivity index (χ4v) is 2.46. The summed E-state index contributed by atoms with van der Waals surface area (Å²) in [4.78, 5) is 2.07. The van der Waals surface area contributed by atoms with Crippen molar-refractivity contribution < 1.29 is 15.3 Å². The molecule has 2 saturated heterocycles. The first-order chi connectivity index (χ1) is 5.74. The van der Waals surface area contributed by atoms with Crippen LogP contribution in [0.25, 0.3) is 0 Å². The minimum Gasteiger partial charge on any atom is -0.396 e. The molecule has 0 aromatic carbocycles. The van der Waals surface area contributed by atoms with Crippen LogP contribution in [0.15, 0.2) is 0 Å². The van der Waals surface area contributed by atoms with Crippen LogP contribution < -0.4 is 0 Å². The average molecular weight is 173 g/mol. The molecular weight excluding hydrogens is 158 g/mol. The van der Waals surface area contributed by atoms with Gasteiger partial charge in [-0.3, -0.25) is 4.90 Å². The lowest BCUT2D eigenvalue weighted by Crippen LogP contribution is -2.36. The van der Waals surface area contributed by atoms with E-state index in [0.29, 0.717) is 6.54 Å². The number of nitrogens with zero attached hydrogens (tertiary/aromatic N) is 1. The third-order valence-corrected chi connectivity index (χ3v) is 3.09. The summed E-state index contributed by atoms with van der Waals surface area (Å²) < 4.78 is 0. The third kappa shape index (κ3) is 1.07. The van der Waals surface area contributed by atoms with E-state index in [1.165, 1.54) is 0 Å². The molecule has 3 N–H and O–H groups in total. The summed E-state index contributed by atoms with van der Waals surface area (Å²) in [6.45, 7) is 1.42. The third-order valence-electron chi connectivity index (χ3n) is 3.09. The molecule has 2 heterocycles. The monoisotopic (exact) mass is 173 g/mol. The predicted octanol–water partition coefficient (Wildman–Crippen LogP) is -1.60. The van der Waals surface area contributed by atoms with E-state index >= 15 is 0 Å². The van der Waals surface area contributed by atoms with Gasteiger partial charge in [-0.25, -0.2) is 0 Å². The Morgan fingerprint density at radius 3 is 2.67 bits per heavy atom. The molecule has 0 spiro atoms. The summed E-state index contributed by atoms with van der Waals surface area (Å²) in [6, 6.07) is -0.00926. The van der Waals surface area contributed by atoms with Crippen LogP contribution in [0.3, 0.4) is 0 Å².